The molecule has 0 aromatic carbocycles. The van der Waals surface area contributed by atoms with Gasteiger partial charge in [-0.25, -0.2) is 14.8 Å². The van der Waals surface area contributed by atoms with Crippen LogP contribution in [0.25, 0.3) is 0 Å². The third-order valence-corrected chi connectivity index (χ3v) is 2.82. The largest absolute Gasteiger partial charge is 0.384 e. The molecule has 19 heavy (non-hydrogen) atoms. The van der Waals surface area contributed by atoms with Gasteiger partial charge in [-0.2, -0.15) is 0 Å². The zero-order valence-corrected chi connectivity index (χ0v) is 11.7. The molecule has 4 N–H and O–H groups in total. The number of rotatable bonds is 5. The maximum absolute atomic E-state index is 11.5. The number of carbonyl (C=O) groups excluding carboxylic acids is 2. The van der Waals surface area contributed by atoms with Crippen molar-refractivity contribution in [3.63, 3.8) is 0 Å². The normalized spacial score (nSPS) is 10.0. The molecular weight excluding hydrogens is 266 g/mol. The van der Waals surface area contributed by atoms with Crippen molar-refractivity contribution in [2.75, 3.05) is 18.0 Å². The summed E-state index contributed by atoms with van der Waals surface area (Å²) in [6, 6.07) is 1.15. The summed E-state index contributed by atoms with van der Waals surface area (Å²) in [4.78, 5) is 30.8. The van der Waals surface area contributed by atoms with Crippen molar-refractivity contribution in [1.29, 1.82) is 0 Å². The van der Waals surface area contributed by atoms with Crippen molar-refractivity contribution in [3.05, 3.63) is 11.8 Å². The van der Waals surface area contributed by atoms with Crippen molar-refractivity contribution < 1.29 is 9.59 Å². The number of carbonyl (C=O) groups is 2. The summed E-state index contributed by atoms with van der Waals surface area (Å²) < 4.78 is 0. The minimum absolute atomic E-state index is 0.0580. The Kier molecular flexibility index (Phi) is 6.07. The van der Waals surface area contributed by atoms with Crippen molar-refractivity contribution >= 4 is 29.5 Å². The number of nitrogens with two attached hydrogens (primary N) is 1. The van der Waals surface area contributed by atoms with E-state index in [0.717, 1.165) is 23.9 Å². The molecule has 0 aliphatic carbocycles. The molecule has 3 amide bonds. The van der Waals surface area contributed by atoms with E-state index >= 15 is 0 Å². The van der Waals surface area contributed by atoms with Crippen molar-refractivity contribution in [2.45, 2.75) is 25.4 Å². The lowest BCUT2D eigenvalue weighted by molar-refractivity contribution is -0.117. The third kappa shape index (κ3) is 6.05. The standard InChI is InChI=1S/C11H17N5O2S/c1-3-4-13-10(18)16-9(17)6-19-11-14-7(2)5-8(12)15-11/h5H,3-4,6H2,1-2H3,(H2,12,14,15)(H2,13,16,17,18). The number of anilines is 1. The average Bonchev–Trinajstić information content (AvgIpc) is 2.33. The van der Waals surface area contributed by atoms with Crippen LogP contribution in [0.5, 0.6) is 0 Å². The second-order valence-corrected chi connectivity index (χ2v) is 4.75. The molecule has 1 aromatic heterocycles. The Morgan fingerprint density at radius 3 is 2.79 bits per heavy atom. The highest BCUT2D eigenvalue weighted by Gasteiger charge is 2.09. The van der Waals surface area contributed by atoms with Gasteiger partial charge in [0.25, 0.3) is 0 Å². The number of aromatic nitrogens is 2. The fourth-order valence-electron chi connectivity index (χ4n) is 1.20. The summed E-state index contributed by atoms with van der Waals surface area (Å²) in [6.45, 7) is 4.25. The van der Waals surface area contributed by atoms with Gasteiger partial charge in [0.05, 0.1) is 5.75 Å². The zero-order chi connectivity index (χ0) is 14.3. The molecule has 8 heteroatoms. The van der Waals surface area contributed by atoms with Gasteiger partial charge in [0.15, 0.2) is 5.16 Å². The van der Waals surface area contributed by atoms with E-state index in [1.807, 2.05) is 6.92 Å². The lowest BCUT2D eigenvalue weighted by atomic mass is 10.4. The van der Waals surface area contributed by atoms with Crippen molar-refractivity contribution in [2.24, 2.45) is 0 Å². The first-order valence-electron chi connectivity index (χ1n) is 5.83. The highest BCUT2D eigenvalue weighted by molar-refractivity contribution is 7.99. The van der Waals surface area contributed by atoms with E-state index in [0.29, 0.717) is 17.5 Å². The molecule has 0 fully saturated rings. The summed E-state index contributed by atoms with van der Waals surface area (Å²) in [5, 5.41) is 5.18. The van der Waals surface area contributed by atoms with Gasteiger partial charge in [0.1, 0.15) is 5.82 Å². The minimum atomic E-state index is -0.489. The summed E-state index contributed by atoms with van der Waals surface area (Å²) >= 11 is 1.13. The van der Waals surface area contributed by atoms with Crippen LogP contribution in [0.4, 0.5) is 10.6 Å². The number of hydrogen-bond acceptors (Lipinski definition) is 6. The molecular formula is C11H17N5O2S. The van der Waals surface area contributed by atoms with Crippen LogP contribution in [0.15, 0.2) is 11.2 Å². The van der Waals surface area contributed by atoms with Crippen LogP contribution in [0.1, 0.15) is 19.0 Å². The molecule has 0 saturated carbocycles. The monoisotopic (exact) mass is 283 g/mol. The fraction of sp³-hybridized carbons (Fsp3) is 0.455. The highest BCUT2D eigenvalue weighted by atomic mass is 32.2. The van der Waals surface area contributed by atoms with E-state index in [4.69, 9.17) is 5.73 Å². The first-order valence-corrected chi connectivity index (χ1v) is 6.81. The Balaban J connectivity index is 2.39. The van der Waals surface area contributed by atoms with E-state index in [1.165, 1.54) is 0 Å². The van der Waals surface area contributed by atoms with Crippen LogP contribution in [-0.4, -0.2) is 34.2 Å². The van der Waals surface area contributed by atoms with E-state index in [1.54, 1.807) is 13.0 Å². The molecule has 1 aromatic rings. The number of imide groups is 1. The number of amides is 3. The Labute approximate surface area is 115 Å². The topological polar surface area (TPSA) is 110 Å². The maximum atomic E-state index is 11.5. The molecule has 0 unspecified atom stereocenters. The van der Waals surface area contributed by atoms with Gasteiger partial charge in [-0.3, -0.25) is 10.1 Å². The molecule has 0 bridgehead atoms. The second-order valence-electron chi connectivity index (χ2n) is 3.81. The summed E-state index contributed by atoms with van der Waals surface area (Å²) in [5.41, 5.74) is 6.30. The molecule has 104 valence electrons. The predicted molar refractivity (Wildman–Crippen MR) is 73.7 cm³/mol. The fourth-order valence-corrected chi connectivity index (χ4v) is 1.92. The summed E-state index contributed by atoms with van der Waals surface area (Å²) in [6.07, 6.45) is 0.812. The first-order chi connectivity index (χ1) is 9.01. The molecule has 0 spiro atoms. The van der Waals surface area contributed by atoms with Crippen molar-refractivity contribution in [1.82, 2.24) is 20.6 Å². The van der Waals surface area contributed by atoms with Gasteiger partial charge in [-0.05, 0) is 13.3 Å². The number of nitrogens with one attached hydrogen (secondary N) is 2. The first kappa shape index (κ1) is 15.2. The number of aryl methyl sites for hydroxylation is 1. The Bertz CT molecular complexity index is 446. The maximum Gasteiger partial charge on any atom is 0.321 e. The zero-order valence-electron chi connectivity index (χ0n) is 10.9. The van der Waals surface area contributed by atoms with Gasteiger partial charge in [0, 0.05) is 18.3 Å². The van der Waals surface area contributed by atoms with Crippen LogP contribution >= 0.6 is 11.8 Å². The number of nitrogen functional groups attached to an aromatic ring is 1. The third-order valence-electron chi connectivity index (χ3n) is 1.97. The van der Waals surface area contributed by atoms with Crippen LogP contribution in [-0.2, 0) is 4.79 Å². The molecule has 0 saturated heterocycles. The van der Waals surface area contributed by atoms with Crippen LogP contribution in [0.3, 0.4) is 0 Å². The molecule has 0 aliphatic heterocycles. The Hall–Kier alpha value is -1.83. The van der Waals surface area contributed by atoms with E-state index in [2.05, 4.69) is 20.6 Å². The van der Waals surface area contributed by atoms with Gasteiger partial charge < -0.3 is 11.1 Å². The van der Waals surface area contributed by atoms with E-state index in [9.17, 15) is 9.59 Å². The van der Waals surface area contributed by atoms with Crippen LogP contribution in [0.2, 0.25) is 0 Å². The molecule has 1 heterocycles. The van der Waals surface area contributed by atoms with Crippen molar-refractivity contribution in [3.8, 4) is 0 Å². The van der Waals surface area contributed by atoms with Crippen LogP contribution < -0.4 is 16.4 Å². The number of urea groups is 1. The molecule has 0 atom stereocenters. The van der Waals surface area contributed by atoms with Gasteiger partial charge in [-0.15, -0.1) is 0 Å². The summed E-state index contributed by atoms with van der Waals surface area (Å²) in [5.74, 6) is 0.0148. The highest BCUT2D eigenvalue weighted by Crippen LogP contribution is 2.14. The summed E-state index contributed by atoms with van der Waals surface area (Å²) in [7, 11) is 0. The number of thioether (sulfide) groups is 1. The average molecular weight is 283 g/mol. The molecule has 0 radical (unpaired) electrons. The molecule has 7 nitrogen and oxygen atoms in total. The molecule has 0 aliphatic rings. The quantitative estimate of drug-likeness (QED) is 0.542. The van der Waals surface area contributed by atoms with Gasteiger partial charge in [0.2, 0.25) is 5.91 Å². The Morgan fingerprint density at radius 1 is 1.42 bits per heavy atom. The lowest BCUT2D eigenvalue weighted by Gasteiger charge is -2.05. The van der Waals surface area contributed by atoms with E-state index < -0.39 is 11.9 Å². The lowest BCUT2D eigenvalue weighted by Crippen LogP contribution is -2.40. The SMILES string of the molecule is CCCNC(=O)NC(=O)CSc1nc(C)cc(N)n1. The number of hydrogen-bond donors (Lipinski definition) is 3. The number of nitrogens with zero attached hydrogens (tertiary/aromatic N) is 2. The van der Waals surface area contributed by atoms with E-state index in [-0.39, 0.29) is 5.75 Å². The second kappa shape index (κ2) is 7.57. The minimum Gasteiger partial charge on any atom is -0.384 e. The van der Waals surface area contributed by atoms with Gasteiger partial charge in [-0.1, -0.05) is 18.7 Å². The smallest absolute Gasteiger partial charge is 0.321 e. The van der Waals surface area contributed by atoms with Crippen LogP contribution in [0, 0.1) is 6.92 Å². The molecule has 1 rings (SSSR count). The Morgan fingerprint density at radius 2 is 2.16 bits per heavy atom. The predicted octanol–water partition coefficient (Wildman–Crippen LogP) is 0.695. The van der Waals surface area contributed by atoms with Gasteiger partial charge >= 0.3 is 6.03 Å².